The molecule has 1 aromatic rings. The molecule has 31 heavy (non-hydrogen) atoms. The minimum Gasteiger partial charge on any atom is -0.444 e. The van der Waals surface area contributed by atoms with E-state index in [1.54, 1.807) is 10.4 Å². The molecule has 2 fully saturated rings. The van der Waals surface area contributed by atoms with Crippen LogP contribution in [0.2, 0.25) is 0 Å². The highest BCUT2D eigenvalue weighted by Gasteiger charge is 2.30. The van der Waals surface area contributed by atoms with Crippen LogP contribution in [-0.2, 0) is 14.8 Å². The Labute approximate surface area is 185 Å². The lowest BCUT2D eigenvalue weighted by Gasteiger charge is -2.42. The maximum absolute atomic E-state index is 12.1. The van der Waals surface area contributed by atoms with E-state index in [0.29, 0.717) is 30.5 Å². The number of amides is 1. The summed E-state index contributed by atoms with van der Waals surface area (Å²) in [5, 5.41) is 2.75. The van der Waals surface area contributed by atoms with Crippen molar-refractivity contribution in [1.29, 1.82) is 0 Å². The van der Waals surface area contributed by atoms with E-state index in [1.165, 1.54) is 6.26 Å². The fourth-order valence-corrected chi connectivity index (χ4v) is 4.98. The number of nitrogens with two attached hydrogens (primary N) is 1. The SMILES string of the molecule is CC(C)(C)OC(=O)Nc1cc(N2CCC(N3CCN(S(C)(=O)=O)CC3)CC2)ccc1N. The monoisotopic (exact) mass is 453 g/mol. The van der Waals surface area contributed by atoms with E-state index in [4.69, 9.17) is 10.5 Å². The van der Waals surface area contributed by atoms with Crippen LogP contribution in [-0.4, -0.2) is 80.9 Å². The van der Waals surface area contributed by atoms with Crippen LogP contribution < -0.4 is 16.0 Å². The Kier molecular flexibility index (Phi) is 7.02. The number of ether oxygens (including phenoxy) is 1. The number of hydrogen-bond acceptors (Lipinski definition) is 7. The summed E-state index contributed by atoms with van der Waals surface area (Å²) in [6.45, 7) is 9.94. The maximum atomic E-state index is 12.1. The van der Waals surface area contributed by atoms with Gasteiger partial charge in [-0.05, 0) is 51.8 Å². The van der Waals surface area contributed by atoms with Crippen LogP contribution in [0, 0.1) is 0 Å². The minimum atomic E-state index is -3.10. The molecule has 0 radical (unpaired) electrons. The van der Waals surface area contributed by atoms with Crippen molar-refractivity contribution in [2.24, 2.45) is 0 Å². The quantitative estimate of drug-likeness (QED) is 0.673. The summed E-state index contributed by atoms with van der Waals surface area (Å²) in [5.74, 6) is 0. The summed E-state index contributed by atoms with van der Waals surface area (Å²) >= 11 is 0. The third-order valence-corrected chi connectivity index (χ3v) is 7.06. The van der Waals surface area contributed by atoms with E-state index in [1.807, 2.05) is 32.9 Å². The summed E-state index contributed by atoms with van der Waals surface area (Å²) in [6.07, 6.45) is 2.78. The van der Waals surface area contributed by atoms with Gasteiger partial charge >= 0.3 is 6.09 Å². The van der Waals surface area contributed by atoms with Crippen molar-refractivity contribution in [1.82, 2.24) is 9.21 Å². The van der Waals surface area contributed by atoms with E-state index in [9.17, 15) is 13.2 Å². The Hall–Kier alpha value is -2.04. The van der Waals surface area contributed by atoms with E-state index >= 15 is 0 Å². The highest BCUT2D eigenvalue weighted by Crippen LogP contribution is 2.29. The first kappa shape index (κ1) is 23.6. The second kappa shape index (κ2) is 9.22. The van der Waals surface area contributed by atoms with Crippen molar-refractivity contribution in [3.63, 3.8) is 0 Å². The number of sulfonamides is 1. The van der Waals surface area contributed by atoms with Crippen LogP contribution in [0.25, 0.3) is 0 Å². The third kappa shape index (κ3) is 6.47. The number of anilines is 3. The Morgan fingerprint density at radius 3 is 2.26 bits per heavy atom. The lowest BCUT2D eigenvalue weighted by molar-refractivity contribution is 0.0636. The fraction of sp³-hybridized carbons (Fsp3) is 0.667. The Morgan fingerprint density at radius 2 is 1.71 bits per heavy atom. The molecule has 0 atom stereocenters. The molecule has 2 aliphatic rings. The van der Waals surface area contributed by atoms with Crippen LogP contribution >= 0.6 is 0 Å². The molecule has 1 aromatic carbocycles. The average molecular weight is 454 g/mol. The van der Waals surface area contributed by atoms with Gasteiger partial charge in [-0.2, -0.15) is 4.31 Å². The van der Waals surface area contributed by atoms with Gasteiger partial charge in [0.1, 0.15) is 5.60 Å². The zero-order chi connectivity index (χ0) is 22.8. The zero-order valence-electron chi connectivity index (χ0n) is 18.9. The maximum Gasteiger partial charge on any atom is 0.412 e. The molecule has 0 unspecified atom stereocenters. The summed E-state index contributed by atoms with van der Waals surface area (Å²) in [7, 11) is -3.10. The van der Waals surface area contributed by atoms with Crippen LogP contribution in [0.4, 0.5) is 21.9 Å². The first-order chi connectivity index (χ1) is 14.4. The number of piperidine rings is 1. The van der Waals surface area contributed by atoms with Crippen molar-refractivity contribution in [3.8, 4) is 0 Å². The molecular formula is C21H35N5O4S. The van der Waals surface area contributed by atoms with Gasteiger partial charge in [0.15, 0.2) is 0 Å². The predicted octanol–water partition coefficient (Wildman–Crippen LogP) is 2.16. The zero-order valence-corrected chi connectivity index (χ0v) is 19.7. The van der Waals surface area contributed by atoms with E-state index < -0.39 is 21.7 Å². The lowest BCUT2D eigenvalue weighted by Crippen LogP contribution is -2.54. The molecule has 2 saturated heterocycles. The van der Waals surface area contributed by atoms with Gasteiger partial charge in [0, 0.05) is 51.0 Å². The van der Waals surface area contributed by atoms with E-state index in [2.05, 4.69) is 15.1 Å². The molecule has 0 aromatic heterocycles. The van der Waals surface area contributed by atoms with Crippen molar-refractivity contribution in [3.05, 3.63) is 18.2 Å². The molecule has 2 heterocycles. The molecule has 0 aliphatic carbocycles. The second-order valence-corrected chi connectivity index (χ2v) is 11.3. The first-order valence-corrected chi connectivity index (χ1v) is 12.6. The number of rotatable bonds is 4. The lowest BCUT2D eigenvalue weighted by atomic mass is 10.0. The minimum absolute atomic E-state index is 0.464. The van der Waals surface area contributed by atoms with Crippen LogP contribution in [0.15, 0.2) is 18.2 Å². The molecule has 3 rings (SSSR count). The van der Waals surface area contributed by atoms with Gasteiger partial charge in [-0.25, -0.2) is 13.2 Å². The fourth-order valence-electron chi connectivity index (χ4n) is 4.15. The number of carbonyl (C=O) groups is 1. The molecule has 2 aliphatic heterocycles. The number of benzene rings is 1. The highest BCUT2D eigenvalue weighted by atomic mass is 32.2. The predicted molar refractivity (Wildman–Crippen MR) is 124 cm³/mol. The largest absolute Gasteiger partial charge is 0.444 e. The van der Waals surface area contributed by atoms with Crippen molar-refractivity contribution >= 4 is 33.2 Å². The van der Waals surface area contributed by atoms with Gasteiger partial charge < -0.3 is 15.4 Å². The topological polar surface area (TPSA) is 108 Å². The molecular weight excluding hydrogens is 418 g/mol. The molecule has 0 spiro atoms. The number of piperazine rings is 1. The molecule has 174 valence electrons. The van der Waals surface area contributed by atoms with Crippen LogP contribution in [0.3, 0.4) is 0 Å². The molecule has 9 nitrogen and oxygen atoms in total. The second-order valence-electron chi connectivity index (χ2n) is 9.31. The normalized spacial score (nSPS) is 19.9. The van der Waals surface area contributed by atoms with Gasteiger partial charge in [0.05, 0.1) is 17.6 Å². The van der Waals surface area contributed by atoms with Crippen molar-refractivity contribution in [2.45, 2.75) is 45.3 Å². The summed E-state index contributed by atoms with van der Waals surface area (Å²) < 4.78 is 30.3. The summed E-state index contributed by atoms with van der Waals surface area (Å²) in [5.41, 5.74) is 7.53. The summed E-state index contributed by atoms with van der Waals surface area (Å²) in [4.78, 5) is 16.8. The highest BCUT2D eigenvalue weighted by molar-refractivity contribution is 7.88. The van der Waals surface area contributed by atoms with Crippen LogP contribution in [0.1, 0.15) is 33.6 Å². The molecule has 1 amide bonds. The molecule has 0 bridgehead atoms. The Balaban J connectivity index is 1.56. The Bertz CT molecular complexity index is 884. The Morgan fingerprint density at radius 1 is 1.10 bits per heavy atom. The van der Waals surface area contributed by atoms with Gasteiger partial charge in [-0.15, -0.1) is 0 Å². The van der Waals surface area contributed by atoms with Gasteiger partial charge in [0.25, 0.3) is 0 Å². The van der Waals surface area contributed by atoms with E-state index in [-0.39, 0.29) is 0 Å². The number of carbonyl (C=O) groups excluding carboxylic acids is 1. The smallest absolute Gasteiger partial charge is 0.412 e. The van der Waals surface area contributed by atoms with Gasteiger partial charge in [-0.3, -0.25) is 10.2 Å². The number of nitrogens with one attached hydrogen (secondary N) is 1. The molecule has 3 N–H and O–H groups in total. The molecule has 10 heteroatoms. The standard InChI is InChI=1S/C21H35N5O4S/c1-21(2,3)30-20(27)23-19-15-17(5-6-18(19)22)24-9-7-16(8-10-24)25-11-13-26(14-12-25)31(4,28)29/h5-6,15-16H,7-14,22H2,1-4H3,(H,23,27). The number of nitrogens with zero attached hydrogens (tertiary/aromatic N) is 3. The van der Waals surface area contributed by atoms with Crippen LogP contribution in [0.5, 0.6) is 0 Å². The third-order valence-electron chi connectivity index (χ3n) is 5.76. The first-order valence-electron chi connectivity index (χ1n) is 10.8. The number of nitrogen functional groups attached to an aromatic ring is 1. The molecule has 0 saturated carbocycles. The van der Waals surface area contributed by atoms with E-state index in [0.717, 1.165) is 44.7 Å². The average Bonchev–Trinajstić information content (AvgIpc) is 2.68. The summed E-state index contributed by atoms with van der Waals surface area (Å²) in [6, 6.07) is 6.13. The van der Waals surface area contributed by atoms with Gasteiger partial charge in [0.2, 0.25) is 10.0 Å². The van der Waals surface area contributed by atoms with Gasteiger partial charge in [-0.1, -0.05) is 0 Å². The van der Waals surface area contributed by atoms with Crippen molar-refractivity contribution in [2.75, 3.05) is 61.5 Å². The van der Waals surface area contributed by atoms with Crippen molar-refractivity contribution < 1.29 is 17.9 Å². The number of hydrogen-bond donors (Lipinski definition) is 2.